The van der Waals surface area contributed by atoms with Gasteiger partial charge < -0.3 is 14.8 Å². The average molecular weight is 202 g/mol. The number of amides is 1. The van der Waals surface area contributed by atoms with Gasteiger partial charge in [-0.3, -0.25) is 4.79 Å². The first-order valence-corrected chi connectivity index (χ1v) is 4.93. The fraction of sp³-hybridized carbons (Fsp3) is 0.800. The summed E-state index contributed by atoms with van der Waals surface area (Å²) in [5.41, 5.74) is 0. The van der Waals surface area contributed by atoms with Gasteiger partial charge in [-0.25, -0.2) is 0 Å². The zero-order valence-corrected chi connectivity index (χ0v) is 9.33. The second kappa shape index (κ2) is 6.40. The molecule has 1 unspecified atom stereocenters. The normalized spacial score (nSPS) is 12.4. The molecule has 4 heteroatoms. The third-order valence-electron chi connectivity index (χ3n) is 1.67. The summed E-state index contributed by atoms with van der Waals surface area (Å²) in [6, 6.07) is -0.396. The van der Waals surface area contributed by atoms with E-state index in [4.69, 9.17) is 4.74 Å². The predicted octanol–water partition coefficient (Wildman–Crippen LogP) is 1.08. The van der Waals surface area contributed by atoms with Gasteiger partial charge in [-0.1, -0.05) is 13.8 Å². The second-order valence-corrected chi connectivity index (χ2v) is 3.65. The third-order valence-corrected chi connectivity index (χ3v) is 1.67. The summed E-state index contributed by atoms with van der Waals surface area (Å²) >= 11 is 0. The summed E-state index contributed by atoms with van der Waals surface area (Å²) in [5, 5.41) is 2.64. The molecule has 0 aliphatic carbocycles. The fourth-order valence-corrected chi connectivity index (χ4v) is 1.19. The lowest BCUT2D eigenvalue weighted by molar-refractivity contribution is -0.119. The van der Waals surface area contributed by atoms with Crippen LogP contribution in [0.3, 0.4) is 0 Å². The minimum atomic E-state index is -0.396. The van der Waals surface area contributed by atoms with Crippen molar-refractivity contribution in [3.05, 3.63) is 0 Å². The van der Waals surface area contributed by atoms with Crippen LogP contribution in [0.15, 0.2) is 0 Å². The molecule has 0 aromatic heterocycles. The van der Waals surface area contributed by atoms with Crippen LogP contribution in [-0.2, 0) is 9.53 Å². The van der Waals surface area contributed by atoms with E-state index >= 15 is 0 Å². The Morgan fingerprint density at radius 1 is 1.50 bits per heavy atom. The van der Waals surface area contributed by atoms with Crippen LogP contribution in [0.4, 0.5) is 0 Å². The van der Waals surface area contributed by atoms with Crippen LogP contribution < -0.4 is 5.32 Å². The lowest BCUT2D eigenvalue weighted by Gasteiger charge is -2.13. The van der Waals surface area contributed by atoms with Crippen LogP contribution in [0.25, 0.3) is 0 Å². The van der Waals surface area contributed by atoms with Crippen LogP contribution in [0.2, 0.25) is 0 Å². The summed E-state index contributed by atoms with van der Waals surface area (Å²) in [6.07, 6.45) is 0.672. The van der Waals surface area contributed by atoms with Crippen LogP contribution in [0, 0.1) is 5.92 Å². The lowest BCUT2D eigenvalue weighted by atomic mass is 10.0. The van der Waals surface area contributed by atoms with Crippen LogP contribution in [0.5, 0.6) is 0 Å². The highest BCUT2D eigenvalue weighted by Gasteiger charge is 2.28. The van der Waals surface area contributed by atoms with E-state index in [0.717, 1.165) is 0 Å². The van der Waals surface area contributed by atoms with Crippen LogP contribution >= 0.6 is 0 Å². The molecule has 1 atom stereocenters. The number of carbonyl (C=O) groups is 1. The summed E-state index contributed by atoms with van der Waals surface area (Å²) < 4.78 is 4.96. The molecule has 1 amide bonds. The van der Waals surface area contributed by atoms with Crippen molar-refractivity contribution in [2.45, 2.75) is 40.2 Å². The van der Waals surface area contributed by atoms with E-state index in [1.165, 1.54) is 6.92 Å². The number of nitrogens with one attached hydrogen (secondary N) is 1. The summed E-state index contributed by atoms with van der Waals surface area (Å²) in [4.78, 5) is 20.3. The lowest BCUT2D eigenvalue weighted by Crippen LogP contribution is -2.41. The quantitative estimate of drug-likeness (QED) is 0.535. The first-order valence-electron chi connectivity index (χ1n) is 4.93. The Labute approximate surface area is 85.0 Å². The average Bonchev–Trinajstić information content (AvgIpc) is 2.01. The van der Waals surface area contributed by atoms with Gasteiger partial charge in [0, 0.05) is 6.92 Å². The number of carbonyl (C=O) groups excluding carboxylic acids is 2. The zero-order valence-electron chi connectivity index (χ0n) is 9.33. The monoisotopic (exact) mass is 202 g/mol. The minimum absolute atomic E-state index is 0.101. The highest BCUT2D eigenvalue weighted by molar-refractivity contribution is 5.83. The molecule has 82 valence electrons. The maximum absolute atomic E-state index is 10.9. The molecule has 0 rings (SSSR count). The van der Waals surface area contributed by atoms with Gasteiger partial charge in [0.15, 0.2) is 12.6 Å². The molecule has 0 saturated carbocycles. The summed E-state index contributed by atoms with van der Waals surface area (Å²) in [7, 11) is 0. The SMILES string of the molecule is CCOC(=[OH+])C(CC(C)C)NC(C)=O. The Balaban J connectivity index is 4.22. The standard InChI is InChI=1S/C10H19NO3/c1-5-14-10(13)9(6-7(2)3)11-8(4)12/h7,9H,5-6H2,1-4H3,(H,11,12)/p+1. The molecule has 0 spiro atoms. The van der Waals surface area contributed by atoms with Crippen molar-refractivity contribution in [2.24, 2.45) is 5.92 Å². The molecule has 0 aromatic carbocycles. The summed E-state index contributed by atoms with van der Waals surface area (Å²) in [5.74, 6) is 0.118. The minimum Gasteiger partial charge on any atom is -0.338 e. The van der Waals surface area contributed by atoms with Crippen molar-refractivity contribution in [3.8, 4) is 0 Å². The van der Waals surface area contributed by atoms with Gasteiger partial charge in [0.05, 0.1) is 0 Å². The second-order valence-electron chi connectivity index (χ2n) is 3.65. The van der Waals surface area contributed by atoms with Gasteiger partial charge in [0.2, 0.25) is 5.91 Å². The molecule has 4 nitrogen and oxygen atoms in total. The van der Waals surface area contributed by atoms with Crippen LogP contribution in [0.1, 0.15) is 34.1 Å². The number of hydrogen-bond donors (Lipinski definition) is 1. The predicted molar refractivity (Wildman–Crippen MR) is 55.6 cm³/mol. The molecule has 0 heterocycles. The molecule has 0 aliphatic heterocycles. The Morgan fingerprint density at radius 3 is 2.43 bits per heavy atom. The summed E-state index contributed by atoms with van der Waals surface area (Å²) in [6.45, 7) is 7.66. The maximum atomic E-state index is 10.9. The third kappa shape index (κ3) is 5.56. The molecular formula is C10H20NO3+. The molecule has 0 radical (unpaired) electrons. The van der Waals surface area contributed by atoms with Crippen molar-refractivity contribution in [1.29, 1.82) is 0 Å². The molecule has 0 aromatic rings. The highest BCUT2D eigenvalue weighted by Crippen LogP contribution is 2.06. The smallest absolute Gasteiger partial charge is 0.338 e. The number of ether oxygens (including phenoxy) is 1. The molecule has 0 fully saturated rings. The molecule has 0 aliphatic rings. The van der Waals surface area contributed by atoms with Crippen molar-refractivity contribution in [1.82, 2.24) is 5.32 Å². The first-order chi connectivity index (χ1) is 6.47. The molecule has 0 saturated heterocycles. The Morgan fingerprint density at radius 2 is 2.07 bits per heavy atom. The molecule has 0 bridgehead atoms. The fourth-order valence-electron chi connectivity index (χ4n) is 1.19. The van der Waals surface area contributed by atoms with Crippen molar-refractivity contribution < 1.29 is 14.3 Å². The van der Waals surface area contributed by atoms with Gasteiger partial charge in [0.1, 0.15) is 0 Å². The number of hydrogen-bond acceptors (Lipinski definition) is 2. The largest absolute Gasteiger partial charge is 0.506 e. The van der Waals surface area contributed by atoms with E-state index in [1.54, 1.807) is 6.92 Å². The van der Waals surface area contributed by atoms with E-state index in [-0.39, 0.29) is 11.9 Å². The van der Waals surface area contributed by atoms with Gasteiger partial charge >= 0.3 is 5.97 Å². The van der Waals surface area contributed by atoms with E-state index < -0.39 is 6.04 Å². The zero-order chi connectivity index (χ0) is 11.1. The highest BCUT2D eigenvalue weighted by atomic mass is 16.5. The van der Waals surface area contributed by atoms with Crippen LogP contribution in [-0.4, -0.2) is 29.3 Å². The first kappa shape index (κ1) is 12.9. The Bertz CT molecular complexity index is 202. The number of esters is 1. The molecule has 2 N–H and O–H groups in total. The Hall–Kier alpha value is -1.06. The van der Waals surface area contributed by atoms with E-state index in [9.17, 15) is 9.59 Å². The van der Waals surface area contributed by atoms with E-state index in [0.29, 0.717) is 18.9 Å². The topological polar surface area (TPSA) is 59.7 Å². The molecular weight excluding hydrogens is 182 g/mol. The van der Waals surface area contributed by atoms with Gasteiger partial charge in [-0.15, -0.1) is 0 Å². The van der Waals surface area contributed by atoms with Gasteiger partial charge in [0.25, 0.3) is 0 Å². The number of rotatable bonds is 5. The van der Waals surface area contributed by atoms with Gasteiger partial charge in [-0.2, -0.15) is 0 Å². The maximum Gasteiger partial charge on any atom is 0.506 e. The van der Waals surface area contributed by atoms with Crippen molar-refractivity contribution in [3.63, 3.8) is 0 Å². The molecule has 14 heavy (non-hydrogen) atoms. The van der Waals surface area contributed by atoms with Crippen molar-refractivity contribution in [2.75, 3.05) is 6.61 Å². The van der Waals surface area contributed by atoms with Crippen molar-refractivity contribution >= 4 is 11.9 Å². The van der Waals surface area contributed by atoms with Gasteiger partial charge in [-0.05, 0) is 19.3 Å². The van der Waals surface area contributed by atoms with E-state index in [2.05, 4.69) is 5.32 Å². The Kier molecular flexibility index (Phi) is 5.92. The van der Waals surface area contributed by atoms with E-state index in [1.807, 2.05) is 13.8 Å².